The van der Waals surface area contributed by atoms with Gasteiger partial charge in [-0.05, 0) is 12.1 Å². The van der Waals surface area contributed by atoms with Crippen molar-refractivity contribution in [2.24, 2.45) is 0 Å². The molecular formula is C15H16N2O4. The SMILES string of the molecule is O=C(O)c1cc2ccccc2n1CC(=O)N1CCOCC1. The Kier molecular flexibility index (Phi) is 3.62. The van der Waals surface area contributed by atoms with Crippen molar-refractivity contribution in [1.82, 2.24) is 9.47 Å². The number of aromatic carboxylic acids is 1. The monoisotopic (exact) mass is 288 g/mol. The average Bonchev–Trinajstić information content (AvgIpc) is 2.87. The molecule has 0 bridgehead atoms. The van der Waals surface area contributed by atoms with Gasteiger partial charge in [-0.2, -0.15) is 0 Å². The lowest BCUT2D eigenvalue weighted by molar-refractivity contribution is -0.135. The van der Waals surface area contributed by atoms with Gasteiger partial charge in [0.25, 0.3) is 0 Å². The number of benzene rings is 1. The molecule has 1 aliphatic rings. The molecule has 6 heteroatoms. The minimum atomic E-state index is -1.03. The molecule has 0 atom stereocenters. The molecule has 110 valence electrons. The molecule has 0 unspecified atom stereocenters. The zero-order valence-electron chi connectivity index (χ0n) is 11.5. The molecule has 6 nitrogen and oxygen atoms in total. The molecule has 0 radical (unpaired) electrons. The number of aromatic nitrogens is 1. The number of fused-ring (bicyclic) bond motifs is 1. The van der Waals surface area contributed by atoms with Crippen LogP contribution in [0.1, 0.15) is 10.5 Å². The highest BCUT2D eigenvalue weighted by molar-refractivity contribution is 5.95. The summed E-state index contributed by atoms with van der Waals surface area (Å²) in [5.74, 6) is -1.11. The summed E-state index contributed by atoms with van der Waals surface area (Å²) in [5, 5.41) is 10.1. The van der Waals surface area contributed by atoms with Crippen molar-refractivity contribution in [1.29, 1.82) is 0 Å². The van der Waals surface area contributed by atoms with Crippen molar-refractivity contribution in [2.75, 3.05) is 26.3 Å². The number of carboxylic acid groups (broad SMARTS) is 1. The fourth-order valence-corrected chi connectivity index (χ4v) is 2.61. The van der Waals surface area contributed by atoms with E-state index in [2.05, 4.69) is 0 Å². The van der Waals surface area contributed by atoms with Crippen molar-refractivity contribution in [3.8, 4) is 0 Å². The Morgan fingerprint density at radius 3 is 2.62 bits per heavy atom. The van der Waals surface area contributed by atoms with Gasteiger partial charge in [-0.1, -0.05) is 18.2 Å². The number of amides is 1. The number of nitrogens with zero attached hydrogens (tertiary/aromatic N) is 2. The van der Waals surface area contributed by atoms with Gasteiger partial charge in [0, 0.05) is 24.0 Å². The Morgan fingerprint density at radius 2 is 1.90 bits per heavy atom. The molecule has 1 saturated heterocycles. The van der Waals surface area contributed by atoms with Gasteiger partial charge in [0.15, 0.2) is 0 Å². The van der Waals surface area contributed by atoms with Crippen LogP contribution in [0.3, 0.4) is 0 Å². The standard InChI is InChI=1S/C15H16N2O4/c18-14(16-5-7-21-8-6-16)10-17-12-4-2-1-3-11(12)9-13(17)15(19)20/h1-4,9H,5-8,10H2,(H,19,20). The molecule has 1 amide bonds. The highest BCUT2D eigenvalue weighted by Crippen LogP contribution is 2.20. The van der Waals surface area contributed by atoms with Crippen molar-refractivity contribution in [3.63, 3.8) is 0 Å². The normalized spacial score (nSPS) is 15.3. The third-order valence-corrected chi connectivity index (χ3v) is 3.69. The maximum Gasteiger partial charge on any atom is 0.352 e. The topological polar surface area (TPSA) is 71.8 Å². The number of carboxylic acids is 1. The number of para-hydroxylation sites is 1. The average molecular weight is 288 g/mol. The Hall–Kier alpha value is -2.34. The molecule has 1 N–H and O–H groups in total. The fraction of sp³-hybridized carbons (Fsp3) is 0.333. The van der Waals surface area contributed by atoms with E-state index in [1.54, 1.807) is 15.5 Å². The third-order valence-electron chi connectivity index (χ3n) is 3.69. The number of carbonyl (C=O) groups excluding carboxylic acids is 1. The van der Waals surface area contributed by atoms with Gasteiger partial charge < -0.3 is 19.3 Å². The van der Waals surface area contributed by atoms with Gasteiger partial charge in [0.1, 0.15) is 12.2 Å². The van der Waals surface area contributed by atoms with E-state index in [0.717, 1.165) is 10.9 Å². The molecule has 3 rings (SSSR count). The van der Waals surface area contributed by atoms with E-state index in [1.165, 1.54) is 0 Å². The molecule has 2 aromatic rings. The highest BCUT2D eigenvalue weighted by atomic mass is 16.5. The van der Waals surface area contributed by atoms with E-state index >= 15 is 0 Å². The maximum atomic E-state index is 12.3. The van der Waals surface area contributed by atoms with Crippen molar-refractivity contribution >= 4 is 22.8 Å². The van der Waals surface area contributed by atoms with Gasteiger partial charge in [-0.25, -0.2) is 4.79 Å². The van der Waals surface area contributed by atoms with Gasteiger partial charge in [0.05, 0.1) is 13.2 Å². The number of morpholine rings is 1. The molecule has 0 aliphatic carbocycles. The second-order valence-corrected chi connectivity index (χ2v) is 4.97. The van der Waals surface area contributed by atoms with Crippen LogP contribution < -0.4 is 0 Å². The Morgan fingerprint density at radius 1 is 1.19 bits per heavy atom. The summed E-state index contributed by atoms with van der Waals surface area (Å²) < 4.78 is 6.79. The predicted octanol–water partition coefficient (Wildman–Crippen LogP) is 1.20. The van der Waals surface area contributed by atoms with Crippen LogP contribution in [-0.2, 0) is 16.1 Å². The van der Waals surface area contributed by atoms with Crippen LogP contribution in [0.25, 0.3) is 10.9 Å². The summed E-state index contributed by atoms with van der Waals surface area (Å²) >= 11 is 0. The van der Waals surface area contributed by atoms with E-state index < -0.39 is 5.97 Å². The molecule has 1 aliphatic heterocycles. The zero-order valence-corrected chi connectivity index (χ0v) is 11.5. The predicted molar refractivity (Wildman–Crippen MR) is 76.3 cm³/mol. The van der Waals surface area contributed by atoms with Crippen molar-refractivity contribution in [2.45, 2.75) is 6.54 Å². The van der Waals surface area contributed by atoms with Crippen LogP contribution in [0.2, 0.25) is 0 Å². The summed E-state index contributed by atoms with van der Waals surface area (Å²) in [6.07, 6.45) is 0. The first-order valence-corrected chi connectivity index (χ1v) is 6.84. The molecule has 21 heavy (non-hydrogen) atoms. The van der Waals surface area contributed by atoms with Gasteiger partial charge in [-0.3, -0.25) is 4.79 Å². The Bertz CT molecular complexity index is 686. The minimum absolute atomic E-state index is 0.0369. The number of hydrogen-bond donors (Lipinski definition) is 1. The van der Waals surface area contributed by atoms with Crippen LogP contribution in [-0.4, -0.2) is 52.8 Å². The molecular weight excluding hydrogens is 272 g/mol. The van der Waals surface area contributed by atoms with Gasteiger partial charge in [0.2, 0.25) is 5.91 Å². The number of ether oxygens (including phenoxy) is 1. The lowest BCUT2D eigenvalue weighted by Crippen LogP contribution is -2.42. The Balaban J connectivity index is 1.93. The summed E-state index contributed by atoms with van der Waals surface area (Å²) in [5.41, 5.74) is 0.898. The minimum Gasteiger partial charge on any atom is -0.477 e. The van der Waals surface area contributed by atoms with Gasteiger partial charge >= 0.3 is 5.97 Å². The molecule has 1 fully saturated rings. The van der Waals surface area contributed by atoms with E-state index in [9.17, 15) is 14.7 Å². The summed E-state index contributed by atoms with van der Waals surface area (Å²) in [6.45, 7) is 2.21. The fourth-order valence-electron chi connectivity index (χ4n) is 2.61. The van der Waals surface area contributed by atoms with Crippen LogP contribution in [0.4, 0.5) is 0 Å². The number of hydrogen-bond acceptors (Lipinski definition) is 3. The number of rotatable bonds is 3. The molecule has 2 heterocycles. The van der Waals surface area contributed by atoms with E-state index in [-0.39, 0.29) is 18.1 Å². The van der Waals surface area contributed by atoms with E-state index in [4.69, 9.17) is 4.74 Å². The van der Waals surface area contributed by atoms with E-state index in [0.29, 0.717) is 26.3 Å². The van der Waals surface area contributed by atoms with Crippen molar-refractivity contribution < 1.29 is 19.4 Å². The largest absolute Gasteiger partial charge is 0.477 e. The smallest absolute Gasteiger partial charge is 0.352 e. The zero-order chi connectivity index (χ0) is 14.8. The quantitative estimate of drug-likeness (QED) is 0.921. The first kappa shape index (κ1) is 13.6. The summed E-state index contributed by atoms with van der Waals surface area (Å²) in [4.78, 5) is 25.4. The lowest BCUT2D eigenvalue weighted by atomic mass is 10.2. The van der Waals surface area contributed by atoms with Crippen molar-refractivity contribution in [3.05, 3.63) is 36.0 Å². The lowest BCUT2D eigenvalue weighted by Gasteiger charge is -2.27. The first-order valence-electron chi connectivity index (χ1n) is 6.84. The second kappa shape index (κ2) is 5.57. The van der Waals surface area contributed by atoms with Gasteiger partial charge in [-0.15, -0.1) is 0 Å². The van der Waals surface area contributed by atoms with Crippen LogP contribution >= 0.6 is 0 Å². The molecule has 1 aromatic heterocycles. The van der Waals surface area contributed by atoms with Crippen LogP contribution in [0.15, 0.2) is 30.3 Å². The molecule has 0 spiro atoms. The van der Waals surface area contributed by atoms with E-state index in [1.807, 2.05) is 24.3 Å². The second-order valence-electron chi connectivity index (χ2n) is 4.97. The Labute approximate surface area is 121 Å². The number of carbonyl (C=O) groups is 2. The first-order chi connectivity index (χ1) is 10.2. The van der Waals surface area contributed by atoms with Crippen LogP contribution in [0, 0.1) is 0 Å². The summed E-state index contributed by atoms with van der Waals surface area (Å²) in [6, 6.07) is 8.96. The molecule has 0 saturated carbocycles. The summed E-state index contributed by atoms with van der Waals surface area (Å²) in [7, 11) is 0. The highest BCUT2D eigenvalue weighted by Gasteiger charge is 2.21. The maximum absolute atomic E-state index is 12.3. The molecule has 1 aromatic carbocycles. The van der Waals surface area contributed by atoms with Crippen LogP contribution in [0.5, 0.6) is 0 Å². The third kappa shape index (κ3) is 2.62.